The van der Waals surface area contributed by atoms with Crippen LogP contribution in [0, 0.1) is 5.92 Å². The second kappa shape index (κ2) is 5.32. The lowest BCUT2D eigenvalue weighted by atomic mass is 10.1. The Hall–Kier alpha value is -1.66. The minimum Gasteiger partial charge on any atom is -0.347 e. The molecule has 18 heavy (non-hydrogen) atoms. The van der Waals surface area contributed by atoms with Crippen LogP contribution in [0.15, 0.2) is 12.3 Å². The molecule has 1 rings (SSSR count). The Balaban J connectivity index is 2.87. The summed E-state index contributed by atoms with van der Waals surface area (Å²) < 4.78 is 37.2. The molecule has 4 nitrogen and oxygen atoms in total. The van der Waals surface area contributed by atoms with Crippen LogP contribution in [0.5, 0.6) is 0 Å². The van der Waals surface area contributed by atoms with E-state index in [1.54, 1.807) is 6.92 Å². The second-order valence-electron chi connectivity index (χ2n) is 4.27. The van der Waals surface area contributed by atoms with Gasteiger partial charge in [0.1, 0.15) is 5.69 Å². The van der Waals surface area contributed by atoms with Gasteiger partial charge in [0, 0.05) is 12.2 Å². The zero-order valence-electron chi connectivity index (χ0n) is 10.2. The lowest BCUT2D eigenvalue weighted by molar-refractivity contribution is -0.141. The SMILES string of the molecule is CC(C)C(C)NC(=O)c1nccc(C(F)(F)F)n1. The van der Waals surface area contributed by atoms with E-state index in [9.17, 15) is 18.0 Å². The monoisotopic (exact) mass is 261 g/mol. The first kappa shape index (κ1) is 14.4. The standard InChI is InChI=1S/C11H14F3N3O/c1-6(2)7(3)16-10(18)9-15-5-4-8(17-9)11(12,13)14/h4-7H,1-3H3,(H,16,18). The van der Waals surface area contributed by atoms with Crippen LogP contribution in [0.3, 0.4) is 0 Å². The lowest BCUT2D eigenvalue weighted by Crippen LogP contribution is -2.37. The molecular formula is C11H14F3N3O. The molecule has 0 aliphatic heterocycles. The Bertz CT molecular complexity index is 432. The molecule has 0 spiro atoms. The third kappa shape index (κ3) is 3.68. The number of hydrogen-bond acceptors (Lipinski definition) is 3. The van der Waals surface area contributed by atoms with Crippen molar-refractivity contribution in [2.45, 2.75) is 33.0 Å². The summed E-state index contributed by atoms with van der Waals surface area (Å²) in [5, 5.41) is 2.54. The van der Waals surface area contributed by atoms with Crippen molar-refractivity contribution in [3.05, 3.63) is 23.8 Å². The van der Waals surface area contributed by atoms with Crippen molar-refractivity contribution >= 4 is 5.91 Å². The molecule has 0 aromatic carbocycles. The Morgan fingerprint density at radius 2 is 1.94 bits per heavy atom. The van der Waals surface area contributed by atoms with Crippen molar-refractivity contribution in [3.63, 3.8) is 0 Å². The third-order valence-corrected chi connectivity index (χ3v) is 2.51. The van der Waals surface area contributed by atoms with Crippen molar-refractivity contribution in [2.75, 3.05) is 0 Å². The van der Waals surface area contributed by atoms with Crippen LogP contribution in [0.2, 0.25) is 0 Å². The van der Waals surface area contributed by atoms with Gasteiger partial charge in [0.15, 0.2) is 0 Å². The fourth-order valence-electron chi connectivity index (χ4n) is 1.06. The number of hydrogen-bond donors (Lipinski definition) is 1. The van der Waals surface area contributed by atoms with Crippen molar-refractivity contribution in [1.29, 1.82) is 0 Å². The summed E-state index contributed by atoms with van der Waals surface area (Å²) in [7, 11) is 0. The van der Waals surface area contributed by atoms with Gasteiger partial charge in [0.25, 0.3) is 5.91 Å². The molecule has 0 aliphatic carbocycles. The molecule has 0 saturated heterocycles. The van der Waals surface area contributed by atoms with Gasteiger partial charge in [-0.3, -0.25) is 4.79 Å². The highest BCUT2D eigenvalue weighted by Crippen LogP contribution is 2.26. The molecule has 1 aromatic heterocycles. The molecule has 0 fully saturated rings. The van der Waals surface area contributed by atoms with Gasteiger partial charge in [-0.2, -0.15) is 13.2 Å². The molecule has 0 aliphatic rings. The van der Waals surface area contributed by atoms with E-state index < -0.39 is 23.6 Å². The van der Waals surface area contributed by atoms with Gasteiger partial charge in [-0.25, -0.2) is 9.97 Å². The van der Waals surface area contributed by atoms with Gasteiger partial charge < -0.3 is 5.32 Å². The fourth-order valence-corrected chi connectivity index (χ4v) is 1.06. The van der Waals surface area contributed by atoms with Crippen LogP contribution in [-0.2, 0) is 6.18 Å². The predicted molar refractivity (Wildman–Crippen MR) is 58.8 cm³/mol. The number of alkyl halides is 3. The van der Waals surface area contributed by atoms with E-state index >= 15 is 0 Å². The summed E-state index contributed by atoms with van der Waals surface area (Å²) in [6, 6.07) is 0.554. The van der Waals surface area contributed by atoms with Crippen LogP contribution < -0.4 is 5.32 Å². The Morgan fingerprint density at radius 1 is 1.33 bits per heavy atom. The van der Waals surface area contributed by atoms with Crippen LogP contribution in [-0.4, -0.2) is 21.9 Å². The zero-order chi connectivity index (χ0) is 13.9. The fraction of sp³-hybridized carbons (Fsp3) is 0.545. The summed E-state index contributed by atoms with van der Waals surface area (Å²) in [5.74, 6) is -1.01. The molecule has 1 aromatic rings. The van der Waals surface area contributed by atoms with E-state index in [2.05, 4.69) is 15.3 Å². The van der Waals surface area contributed by atoms with Crippen LogP contribution in [0.25, 0.3) is 0 Å². The highest BCUT2D eigenvalue weighted by atomic mass is 19.4. The number of nitrogens with one attached hydrogen (secondary N) is 1. The van der Waals surface area contributed by atoms with E-state index in [-0.39, 0.29) is 12.0 Å². The first-order valence-electron chi connectivity index (χ1n) is 5.43. The minimum absolute atomic E-state index is 0.166. The molecule has 0 saturated carbocycles. The van der Waals surface area contributed by atoms with Crippen molar-refractivity contribution in [1.82, 2.24) is 15.3 Å². The number of carbonyl (C=O) groups is 1. The van der Waals surface area contributed by atoms with E-state index in [0.717, 1.165) is 12.3 Å². The number of aromatic nitrogens is 2. The molecule has 1 amide bonds. The third-order valence-electron chi connectivity index (χ3n) is 2.51. The van der Waals surface area contributed by atoms with E-state index in [1.165, 1.54) is 0 Å². The van der Waals surface area contributed by atoms with Gasteiger partial charge >= 0.3 is 6.18 Å². The molecule has 100 valence electrons. The maximum absolute atomic E-state index is 12.4. The number of carbonyl (C=O) groups excluding carboxylic acids is 1. The highest BCUT2D eigenvalue weighted by Gasteiger charge is 2.33. The molecule has 1 N–H and O–H groups in total. The zero-order valence-corrected chi connectivity index (χ0v) is 10.2. The Morgan fingerprint density at radius 3 is 2.44 bits per heavy atom. The van der Waals surface area contributed by atoms with Crippen molar-refractivity contribution in [2.24, 2.45) is 5.92 Å². The van der Waals surface area contributed by atoms with Gasteiger partial charge in [-0.1, -0.05) is 13.8 Å². The van der Waals surface area contributed by atoms with Gasteiger partial charge in [-0.05, 0) is 18.9 Å². The minimum atomic E-state index is -4.58. The van der Waals surface area contributed by atoms with Crippen LogP contribution in [0.1, 0.15) is 37.1 Å². The summed E-state index contributed by atoms with van der Waals surface area (Å²) in [6.45, 7) is 5.53. The normalized spacial score (nSPS) is 13.5. The summed E-state index contributed by atoms with van der Waals surface area (Å²) in [4.78, 5) is 18.4. The van der Waals surface area contributed by atoms with Crippen molar-refractivity contribution < 1.29 is 18.0 Å². The van der Waals surface area contributed by atoms with Crippen LogP contribution in [0.4, 0.5) is 13.2 Å². The molecular weight excluding hydrogens is 247 g/mol. The molecule has 0 bridgehead atoms. The van der Waals surface area contributed by atoms with E-state index in [1.807, 2.05) is 13.8 Å². The van der Waals surface area contributed by atoms with Gasteiger partial charge in [0.05, 0.1) is 0 Å². The largest absolute Gasteiger partial charge is 0.433 e. The first-order chi connectivity index (χ1) is 8.21. The number of nitrogens with zero attached hydrogens (tertiary/aromatic N) is 2. The maximum Gasteiger partial charge on any atom is 0.433 e. The highest BCUT2D eigenvalue weighted by molar-refractivity contribution is 5.90. The number of rotatable bonds is 3. The topological polar surface area (TPSA) is 54.9 Å². The Labute approximate surface area is 103 Å². The molecule has 7 heteroatoms. The second-order valence-corrected chi connectivity index (χ2v) is 4.27. The molecule has 0 radical (unpaired) electrons. The number of amides is 1. The molecule has 1 unspecified atom stereocenters. The first-order valence-corrected chi connectivity index (χ1v) is 5.43. The predicted octanol–water partition coefficient (Wildman–Crippen LogP) is 2.27. The lowest BCUT2D eigenvalue weighted by Gasteiger charge is -2.16. The van der Waals surface area contributed by atoms with Gasteiger partial charge in [-0.15, -0.1) is 0 Å². The maximum atomic E-state index is 12.4. The van der Waals surface area contributed by atoms with Gasteiger partial charge in [0.2, 0.25) is 5.82 Å². The van der Waals surface area contributed by atoms with E-state index in [0.29, 0.717) is 0 Å². The molecule has 1 heterocycles. The molecule has 1 atom stereocenters. The quantitative estimate of drug-likeness (QED) is 0.908. The summed E-state index contributed by atoms with van der Waals surface area (Å²) in [6.07, 6.45) is -3.66. The smallest absolute Gasteiger partial charge is 0.347 e. The average molecular weight is 261 g/mol. The summed E-state index contributed by atoms with van der Waals surface area (Å²) in [5.41, 5.74) is -1.13. The number of halogens is 3. The summed E-state index contributed by atoms with van der Waals surface area (Å²) >= 11 is 0. The Kier molecular flexibility index (Phi) is 4.26. The van der Waals surface area contributed by atoms with Crippen LogP contribution >= 0.6 is 0 Å². The van der Waals surface area contributed by atoms with Crippen molar-refractivity contribution in [3.8, 4) is 0 Å². The van der Waals surface area contributed by atoms with E-state index in [4.69, 9.17) is 0 Å². The average Bonchev–Trinajstić information content (AvgIpc) is 2.27.